The number of anilines is 1. The number of hydrogen-bond donors (Lipinski definition) is 1. The van der Waals surface area contributed by atoms with Crippen molar-refractivity contribution in [1.29, 1.82) is 10.5 Å². The van der Waals surface area contributed by atoms with Gasteiger partial charge in [-0.2, -0.15) is 5.26 Å². The largest absolute Gasteiger partial charge is 0.453 e. The molecule has 190 valence electrons. The number of ether oxygens (including phenoxy) is 1. The molecule has 2 aromatic carbocycles. The SMILES string of the molecule is CCN(C)SNc1ccc(F)c(Oc2ccc3ncn(CCC4CCB(C#N)CC4)c(=O)c3c2)c1C#N. The predicted octanol–water partition coefficient (Wildman–Crippen LogP) is 5.48. The molecule has 37 heavy (non-hydrogen) atoms. The molecule has 8 nitrogen and oxygen atoms in total. The van der Waals surface area contributed by atoms with E-state index in [2.05, 4.69) is 15.7 Å². The lowest BCUT2D eigenvalue weighted by Crippen LogP contribution is -2.24. The van der Waals surface area contributed by atoms with Crippen LogP contribution in [0.1, 0.15) is 31.7 Å². The van der Waals surface area contributed by atoms with Crippen LogP contribution in [0.25, 0.3) is 10.9 Å². The molecule has 0 saturated carbocycles. The summed E-state index contributed by atoms with van der Waals surface area (Å²) in [5, 5.41) is 19.2. The monoisotopic (exact) mass is 518 g/mol. The van der Waals surface area contributed by atoms with Crippen LogP contribution in [0.15, 0.2) is 41.5 Å². The summed E-state index contributed by atoms with van der Waals surface area (Å²) in [5.41, 5.74) is 0.778. The third-order valence-electron chi connectivity index (χ3n) is 6.80. The van der Waals surface area contributed by atoms with Crippen LogP contribution >= 0.6 is 12.1 Å². The molecule has 1 saturated heterocycles. The van der Waals surface area contributed by atoms with Crippen molar-refractivity contribution in [3.05, 3.63) is 58.4 Å². The van der Waals surface area contributed by atoms with Crippen LogP contribution in [0.4, 0.5) is 10.1 Å². The van der Waals surface area contributed by atoms with Gasteiger partial charge in [0.25, 0.3) is 12.3 Å². The molecule has 3 aromatic rings. The summed E-state index contributed by atoms with van der Waals surface area (Å²) < 4.78 is 27.1. The lowest BCUT2D eigenvalue weighted by molar-refractivity contribution is 0.404. The first-order chi connectivity index (χ1) is 17.9. The van der Waals surface area contributed by atoms with E-state index < -0.39 is 5.82 Å². The number of aromatic nitrogens is 2. The minimum atomic E-state index is -0.675. The maximum absolute atomic E-state index is 14.7. The quantitative estimate of drug-likeness (QED) is 0.293. The lowest BCUT2D eigenvalue weighted by atomic mass is 9.41. The van der Waals surface area contributed by atoms with Gasteiger partial charge in [-0.05, 0) is 49.7 Å². The predicted molar refractivity (Wildman–Crippen MR) is 145 cm³/mol. The molecule has 4 rings (SSSR count). The Kier molecular flexibility index (Phi) is 8.70. The van der Waals surface area contributed by atoms with E-state index in [1.54, 1.807) is 29.1 Å². The highest BCUT2D eigenvalue weighted by Gasteiger charge is 2.24. The number of nitriles is 2. The minimum absolute atomic E-state index is 0.0341. The standard InChI is InChI=1S/C26H28BFN6O2S/c1-3-33(2)37-32-24-7-5-22(28)25(21(24)15-29)36-19-4-6-23-20(14-19)26(35)34(17-31-23)13-10-18-8-11-27(16-30)12-9-18/h4-7,14,17-18,32H,3,8-13H2,1-2H3. The summed E-state index contributed by atoms with van der Waals surface area (Å²) in [5.74, 6) is 2.20. The zero-order valence-electron chi connectivity index (χ0n) is 20.9. The number of halogens is 1. The minimum Gasteiger partial charge on any atom is -0.453 e. The van der Waals surface area contributed by atoms with Crippen LogP contribution in [-0.2, 0) is 6.54 Å². The van der Waals surface area contributed by atoms with Crippen LogP contribution < -0.4 is 15.0 Å². The van der Waals surface area contributed by atoms with E-state index in [-0.39, 0.29) is 29.3 Å². The fourth-order valence-corrected chi connectivity index (χ4v) is 4.98. The van der Waals surface area contributed by atoms with E-state index in [4.69, 9.17) is 10.00 Å². The number of aryl methyl sites for hydroxylation is 1. The molecule has 1 fully saturated rings. The molecule has 1 N–H and O–H groups in total. The van der Waals surface area contributed by atoms with Crippen molar-refractivity contribution >= 4 is 35.4 Å². The van der Waals surface area contributed by atoms with Gasteiger partial charge in [-0.15, -0.1) is 0 Å². The van der Waals surface area contributed by atoms with Crippen molar-refractivity contribution in [3.8, 4) is 23.5 Å². The van der Waals surface area contributed by atoms with Crippen LogP contribution in [0.3, 0.4) is 0 Å². The number of nitrogens with zero attached hydrogens (tertiary/aromatic N) is 5. The van der Waals surface area contributed by atoms with Gasteiger partial charge in [-0.1, -0.05) is 32.4 Å². The van der Waals surface area contributed by atoms with Crippen molar-refractivity contribution < 1.29 is 9.13 Å². The van der Waals surface area contributed by atoms with E-state index in [0.29, 0.717) is 29.1 Å². The van der Waals surface area contributed by atoms with Gasteiger partial charge in [-0.25, -0.2) is 18.9 Å². The number of rotatable bonds is 9. The van der Waals surface area contributed by atoms with Gasteiger partial charge >= 0.3 is 0 Å². The number of hydrogen-bond acceptors (Lipinski definition) is 8. The Morgan fingerprint density at radius 3 is 2.78 bits per heavy atom. The molecule has 1 aromatic heterocycles. The molecule has 0 unspecified atom stereocenters. The van der Waals surface area contributed by atoms with Gasteiger partial charge in [0, 0.05) is 31.2 Å². The molecule has 0 spiro atoms. The summed E-state index contributed by atoms with van der Waals surface area (Å²) >= 11 is 1.29. The first-order valence-electron chi connectivity index (χ1n) is 12.4. The Labute approximate surface area is 220 Å². The van der Waals surface area contributed by atoms with Gasteiger partial charge in [0.1, 0.15) is 17.4 Å². The molecule has 0 aliphatic carbocycles. The number of fused-ring (bicyclic) bond motifs is 1. The Morgan fingerprint density at radius 1 is 1.30 bits per heavy atom. The highest BCUT2D eigenvalue weighted by Crippen LogP contribution is 2.35. The maximum atomic E-state index is 14.7. The van der Waals surface area contributed by atoms with E-state index in [9.17, 15) is 14.4 Å². The number of benzene rings is 2. The zero-order valence-corrected chi connectivity index (χ0v) is 21.7. The summed E-state index contributed by atoms with van der Waals surface area (Å²) in [6.07, 6.45) is 6.24. The Morgan fingerprint density at radius 2 is 2.08 bits per heavy atom. The molecule has 0 bridgehead atoms. The van der Waals surface area contributed by atoms with Crippen LogP contribution in [0.2, 0.25) is 12.6 Å². The van der Waals surface area contributed by atoms with Crippen molar-refractivity contribution in [1.82, 2.24) is 13.9 Å². The average molecular weight is 518 g/mol. The second kappa shape index (κ2) is 12.1. The van der Waals surface area contributed by atoms with Crippen LogP contribution in [0, 0.1) is 34.3 Å². The second-order valence-electron chi connectivity index (χ2n) is 9.21. The number of nitrogens with one attached hydrogen (secondary N) is 1. The zero-order chi connectivity index (χ0) is 26.4. The average Bonchev–Trinajstić information content (AvgIpc) is 2.93. The third kappa shape index (κ3) is 6.24. The Bertz CT molecular complexity index is 1410. The van der Waals surface area contributed by atoms with E-state index in [0.717, 1.165) is 38.4 Å². The van der Waals surface area contributed by atoms with Crippen molar-refractivity contribution in [2.24, 2.45) is 5.92 Å². The fourth-order valence-electron chi connectivity index (χ4n) is 4.43. The summed E-state index contributed by atoms with van der Waals surface area (Å²) in [4.78, 5) is 17.6. The highest BCUT2D eigenvalue weighted by atomic mass is 32.2. The summed E-state index contributed by atoms with van der Waals surface area (Å²) in [6.45, 7) is 3.45. The van der Waals surface area contributed by atoms with Crippen molar-refractivity contribution in [3.63, 3.8) is 0 Å². The van der Waals surface area contributed by atoms with E-state index in [1.807, 2.05) is 24.3 Å². The van der Waals surface area contributed by atoms with Crippen LogP contribution in [-0.4, -0.2) is 34.2 Å². The van der Waals surface area contributed by atoms with Crippen molar-refractivity contribution in [2.75, 3.05) is 18.3 Å². The van der Waals surface area contributed by atoms with Crippen molar-refractivity contribution in [2.45, 2.75) is 45.4 Å². The molecule has 0 atom stereocenters. The molecule has 1 aliphatic heterocycles. The smallest absolute Gasteiger partial charge is 0.267 e. The normalized spacial score (nSPS) is 13.9. The molecule has 1 aliphatic rings. The van der Waals surface area contributed by atoms with Crippen LogP contribution in [0.5, 0.6) is 11.5 Å². The third-order valence-corrected chi connectivity index (χ3v) is 7.68. The van der Waals surface area contributed by atoms with E-state index in [1.165, 1.54) is 24.3 Å². The van der Waals surface area contributed by atoms with Gasteiger partial charge in [0.15, 0.2) is 11.6 Å². The molecule has 0 radical (unpaired) electrons. The summed E-state index contributed by atoms with van der Waals surface area (Å²) in [6, 6.07) is 9.55. The van der Waals surface area contributed by atoms with Gasteiger partial charge in [0.05, 0.1) is 22.9 Å². The second-order valence-corrected chi connectivity index (χ2v) is 10.2. The molecule has 11 heteroatoms. The topological polar surface area (TPSA) is 107 Å². The lowest BCUT2D eigenvalue weighted by Gasteiger charge is -2.23. The van der Waals surface area contributed by atoms with E-state index >= 15 is 0 Å². The molecular formula is C26H28BFN6O2S. The molecule has 0 amide bonds. The summed E-state index contributed by atoms with van der Waals surface area (Å²) in [7, 11) is 1.89. The molecular weight excluding hydrogens is 490 g/mol. The Hall–Kier alpha value is -3.54. The first-order valence-corrected chi connectivity index (χ1v) is 13.1. The van der Waals surface area contributed by atoms with Gasteiger partial charge in [0.2, 0.25) is 0 Å². The maximum Gasteiger partial charge on any atom is 0.267 e. The van der Waals surface area contributed by atoms with Gasteiger partial charge < -0.3 is 9.46 Å². The fraction of sp³-hybridized carbons (Fsp3) is 0.385. The van der Waals surface area contributed by atoms with Gasteiger partial charge in [-0.3, -0.25) is 9.36 Å². The highest BCUT2D eigenvalue weighted by molar-refractivity contribution is 7.98. The first kappa shape index (κ1) is 26.5. The molecule has 2 heterocycles. The Balaban J connectivity index is 1.55.